The highest BCUT2D eigenvalue weighted by atomic mass is 15.2. The average molecular weight is 229 g/mol. The summed E-state index contributed by atoms with van der Waals surface area (Å²) < 4.78 is 0. The van der Waals surface area contributed by atoms with E-state index < -0.39 is 0 Å². The molecule has 7 nitrogen and oxygen atoms in total. The Morgan fingerprint density at radius 1 is 1.41 bits per heavy atom. The van der Waals surface area contributed by atoms with E-state index in [1.807, 2.05) is 13.8 Å². The molecule has 0 aliphatic carbocycles. The predicted octanol–water partition coefficient (Wildman–Crippen LogP) is 0.695. The third-order valence-corrected chi connectivity index (χ3v) is 2.45. The molecule has 0 saturated heterocycles. The van der Waals surface area contributed by atoms with Gasteiger partial charge in [0.25, 0.3) is 0 Å². The molecule has 0 aliphatic heterocycles. The van der Waals surface area contributed by atoms with E-state index in [9.17, 15) is 0 Å². The van der Waals surface area contributed by atoms with Crippen LogP contribution in [0.2, 0.25) is 0 Å². The lowest BCUT2D eigenvalue weighted by molar-refractivity contribution is 0.909. The van der Waals surface area contributed by atoms with Gasteiger partial charge < -0.3 is 5.32 Å². The van der Waals surface area contributed by atoms with Crippen LogP contribution in [0.4, 0.5) is 5.82 Å². The third kappa shape index (κ3) is 2.20. The third-order valence-electron chi connectivity index (χ3n) is 2.45. The van der Waals surface area contributed by atoms with Gasteiger partial charge in [-0.3, -0.25) is 5.10 Å². The first-order valence-electron chi connectivity index (χ1n) is 5.04. The van der Waals surface area contributed by atoms with Gasteiger partial charge in [-0.05, 0) is 19.4 Å². The van der Waals surface area contributed by atoms with Crippen molar-refractivity contribution in [3.63, 3.8) is 0 Å². The van der Waals surface area contributed by atoms with Gasteiger partial charge in [-0.2, -0.15) is 15.5 Å². The Kier molecular flexibility index (Phi) is 2.96. The van der Waals surface area contributed by atoms with Crippen molar-refractivity contribution in [2.24, 2.45) is 0 Å². The molecule has 0 fully saturated rings. The van der Waals surface area contributed by atoms with Gasteiger partial charge in [0.2, 0.25) is 0 Å². The number of aryl methyl sites for hydroxylation is 1. The molecule has 2 aromatic heterocycles. The molecule has 2 heterocycles. The number of rotatable bonds is 3. The van der Waals surface area contributed by atoms with E-state index in [-0.39, 0.29) is 0 Å². The van der Waals surface area contributed by atoms with Crippen LogP contribution in [0.5, 0.6) is 0 Å². The molecule has 0 bridgehead atoms. The van der Waals surface area contributed by atoms with Crippen LogP contribution in [0.3, 0.4) is 0 Å². The maximum absolute atomic E-state index is 9.09. The second-order valence-electron chi connectivity index (χ2n) is 3.53. The van der Waals surface area contributed by atoms with Crippen molar-refractivity contribution in [3.8, 4) is 6.07 Å². The molecular formula is C10H11N7. The molecule has 7 heteroatoms. The monoisotopic (exact) mass is 229 g/mol. The van der Waals surface area contributed by atoms with Crippen LogP contribution in [0.15, 0.2) is 6.33 Å². The molecule has 86 valence electrons. The Balaban J connectivity index is 2.22. The minimum absolute atomic E-state index is 0.422. The van der Waals surface area contributed by atoms with Gasteiger partial charge >= 0.3 is 0 Å². The van der Waals surface area contributed by atoms with Crippen molar-refractivity contribution in [1.82, 2.24) is 25.4 Å². The van der Waals surface area contributed by atoms with Crippen LogP contribution >= 0.6 is 0 Å². The number of H-pyrrole nitrogens is 1. The summed E-state index contributed by atoms with van der Waals surface area (Å²) in [5.41, 5.74) is 2.10. The summed E-state index contributed by atoms with van der Waals surface area (Å²) in [5, 5.41) is 26.5. The van der Waals surface area contributed by atoms with E-state index in [4.69, 9.17) is 5.26 Å². The normalized spacial score (nSPS) is 9.94. The predicted molar refractivity (Wildman–Crippen MR) is 59.9 cm³/mol. The quantitative estimate of drug-likeness (QED) is 0.802. The van der Waals surface area contributed by atoms with E-state index in [1.54, 1.807) is 0 Å². The summed E-state index contributed by atoms with van der Waals surface area (Å²) in [4.78, 5) is 3.97. The number of hydrogen-bond donors (Lipinski definition) is 2. The first-order valence-corrected chi connectivity index (χ1v) is 5.04. The maximum Gasteiger partial charge on any atom is 0.167 e. The number of nitrogens with one attached hydrogen (secondary N) is 2. The smallest absolute Gasteiger partial charge is 0.167 e. The summed E-state index contributed by atoms with van der Waals surface area (Å²) in [5.74, 6) is 1.14. The molecule has 0 spiro atoms. The highest BCUT2D eigenvalue weighted by molar-refractivity contribution is 5.55. The van der Waals surface area contributed by atoms with Crippen LogP contribution < -0.4 is 5.32 Å². The SMILES string of the molecule is Cc1nnc(NCc2ncn[nH]2)c(C#N)c1C. The Bertz CT molecular complexity index is 553. The number of anilines is 1. The largest absolute Gasteiger partial charge is 0.360 e. The lowest BCUT2D eigenvalue weighted by Crippen LogP contribution is -2.08. The molecule has 2 aromatic rings. The van der Waals surface area contributed by atoms with Gasteiger partial charge in [0.05, 0.1) is 12.2 Å². The molecule has 2 rings (SSSR count). The van der Waals surface area contributed by atoms with E-state index in [0.717, 1.165) is 11.3 Å². The summed E-state index contributed by atoms with van der Waals surface area (Å²) in [7, 11) is 0. The number of nitrogens with zero attached hydrogens (tertiary/aromatic N) is 5. The molecule has 0 aromatic carbocycles. The maximum atomic E-state index is 9.09. The first kappa shape index (κ1) is 11.0. The molecule has 17 heavy (non-hydrogen) atoms. The second-order valence-corrected chi connectivity index (χ2v) is 3.53. The zero-order valence-electron chi connectivity index (χ0n) is 9.52. The van der Waals surface area contributed by atoms with Crippen molar-refractivity contribution >= 4 is 5.82 Å². The van der Waals surface area contributed by atoms with Crippen molar-refractivity contribution in [3.05, 3.63) is 29.0 Å². The number of aromatic amines is 1. The zero-order chi connectivity index (χ0) is 12.3. The minimum atomic E-state index is 0.422. The summed E-state index contributed by atoms with van der Waals surface area (Å²) in [6.07, 6.45) is 1.42. The highest BCUT2D eigenvalue weighted by Gasteiger charge is 2.10. The first-order chi connectivity index (χ1) is 8.22. The van der Waals surface area contributed by atoms with Gasteiger partial charge in [-0.25, -0.2) is 4.98 Å². The lowest BCUT2D eigenvalue weighted by atomic mass is 10.1. The molecule has 0 unspecified atom stereocenters. The lowest BCUT2D eigenvalue weighted by Gasteiger charge is -2.07. The summed E-state index contributed by atoms with van der Waals surface area (Å²) >= 11 is 0. The van der Waals surface area contributed by atoms with Crippen molar-refractivity contribution in [1.29, 1.82) is 5.26 Å². The zero-order valence-corrected chi connectivity index (χ0v) is 9.52. The molecule has 0 atom stereocenters. The Hall–Kier alpha value is -2.49. The van der Waals surface area contributed by atoms with Gasteiger partial charge in [0.15, 0.2) is 5.82 Å². The average Bonchev–Trinajstić information content (AvgIpc) is 2.83. The number of hydrogen-bond acceptors (Lipinski definition) is 6. The fourth-order valence-electron chi connectivity index (χ4n) is 1.35. The van der Waals surface area contributed by atoms with Gasteiger partial charge in [0.1, 0.15) is 23.8 Å². The van der Waals surface area contributed by atoms with Crippen LogP contribution in [0.1, 0.15) is 22.6 Å². The van der Waals surface area contributed by atoms with Gasteiger partial charge in [-0.15, -0.1) is 5.10 Å². The second kappa shape index (κ2) is 4.57. The van der Waals surface area contributed by atoms with E-state index in [1.165, 1.54) is 6.33 Å². The number of nitriles is 1. The van der Waals surface area contributed by atoms with Gasteiger partial charge in [-0.1, -0.05) is 0 Å². The Labute approximate surface area is 97.9 Å². The minimum Gasteiger partial charge on any atom is -0.360 e. The number of aromatic nitrogens is 5. The summed E-state index contributed by atoms with van der Waals surface area (Å²) in [6.45, 7) is 4.09. The van der Waals surface area contributed by atoms with Crippen molar-refractivity contribution in [2.75, 3.05) is 5.32 Å². The van der Waals surface area contributed by atoms with Crippen LogP contribution in [0.25, 0.3) is 0 Å². The fourth-order valence-corrected chi connectivity index (χ4v) is 1.35. The van der Waals surface area contributed by atoms with Crippen LogP contribution in [0, 0.1) is 25.2 Å². The van der Waals surface area contributed by atoms with Crippen molar-refractivity contribution in [2.45, 2.75) is 20.4 Å². The topological polar surface area (TPSA) is 103 Å². The molecule has 0 amide bonds. The Morgan fingerprint density at radius 2 is 2.24 bits per heavy atom. The van der Waals surface area contributed by atoms with E-state index >= 15 is 0 Å². The highest BCUT2D eigenvalue weighted by Crippen LogP contribution is 2.17. The molecule has 0 saturated carbocycles. The van der Waals surface area contributed by atoms with Crippen LogP contribution in [-0.4, -0.2) is 25.4 Å². The van der Waals surface area contributed by atoms with E-state index in [2.05, 4.69) is 36.8 Å². The molecule has 0 radical (unpaired) electrons. The molecule has 0 aliphatic rings. The van der Waals surface area contributed by atoms with E-state index in [0.29, 0.717) is 23.8 Å². The van der Waals surface area contributed by atoms with Crippen molar-refractivity contribution < 1.29 is 0 Å². The summed E-state index contributed by atoms with van der Waals surface area (Å²) in [6, 6.07) is 2.12. The molecular weight excluding hydrogens is 218 g/mol. The fraction of sp³-hybridized carbons (Fsp3) is 0.300. The van der Waals surface area contributed by atoms with Gasteiger partial charge in [0, 0.05) is 0 Å². The Morgan fingerprint density at radius 3 is 2.88 bits per heavy atom. The van der Waals surface area contributed by atoms with Crippen LogP contribution in [-0.2, 0) is 6.54 Å². The molecule has 2 N–H and O–H groups in total. The standard InChI is InChI=1S/C10H11N7/c1-6-7(2)15-17-10(8(6)3-11)12-4-9-13-5-14-16-9/h5H,4H2,1-2H3,(H,12,17)(H,13,14,16).